The molecule has 0 unspecified atom stereocenters. The van der Waals surface area contributed by atoms with Crippen LogP contribution in [-0.2, 0) is 4.74 Å². The molecular weight excluding hydrogens is 486 g/mol. The summed E-state index contributed by atoms with van der Waals surface area (Å²) >= 11 is 7.82. The van der Waals surface area contributed by atoms with Crippen molar-refractivity contribution in [3.8, 4) is 11.1 Å². The second-order valence-electron chi connectivity index (χ2n) is 5.14. The maximum Gasteiger partial charge on any atom is 0.341 e. The van der Waals surface area contributed by atoms with Crippen molar-refractivity contribution in [2.45, 2.75) is 6.92 Å². The van der Waals surface area contributed by atoms with E-state index in [4.69, 9.17) is 9.15 Å². The van der Waals surface area contributed by atoms with E-state index in [1.54, 1.807) is 19.1 Å². The van der Waals surface area contributed by atoms with Crippen LogP contribution in [0.15, 0.2) is 55.3 Å². The van der Waals surface area contributed by atoms with Crippen molar-refractivity contribution in [3.63, 3.8) is 0 Å². The lowest BCUT2D eigenvalue weighted by atomic mass is 10.0. The van der Waals surface area contributed by atoms with Crippen molar-refractivity contribution in [3.05, 3.63) is 62.2 Å². The minimum Gasteiger partial charge on any atom is -0.462 e. The van der Waals surface area contributed by atoms with Gasteiger partial charge < -0.3 is 14.5 Å². The minimum atomic E-state index is -0.484. The molecule has 134 valence electrons. The van der Waals surface area contributed by atoms with E-state index in [0.29, 0.717) is 20.8 Å². The number of amides is 1. The van der Waals surface area contributed by atoms with E-state index in [2.05, 4.69) is 37.2 Å². The van der Waals surface area contributed by atoms with Crippen molar-refractivity contribution in [1.29, 1.82) is 0 Å². The number of nitrogens with one attached hydrogen (secondary N) is 1. The number of halogens is 2. The highest BCUT2D eigenvalue weighted by atomic mass is 79.9. The number of benzene rings is 1. The summed E-state index contributed by atoms with van der Waals surface area (Å²) in [5.74, 6) is -0.779. The van der Waals surface area contributed by atoms with Crippen LogP contribution in [0.2, 0.25) is 0 Å². The molecule has 1 N–H and O–H groups in total. The van der Waals surface area contributed by atoms with Gasteiger partial charge in [0.05, 0.1) is 6.61 Å². The SMILES string of the molecule is CCOC(=O)c1c(-c2ccc(Br)cc2)csc1NC(=O)c1ccc(Br)o1. The number of hydrogen-bond donors (Lipinski definition) is 1. The Balaban J connectivity index is 1.98. The molecule has 3 rings (SSSR count). The molecule has 2 heterocycles. The van der Waals surface area contributed by atoms with Gasteiger partial charge in [0.2, 0.25) is 0 Å². The topological polar surface area (TPSA) is 68.5 Å². The molecule has 0 saturated carbocycles. The van der Waals surface area contributed by atoms with Gasteiger partial charge >= 0.3 is 5.97 Å². The maximum atomic E-state index is 12.5. The van der Waals surface area contributed by atoms with Gasteiger partial charge in [0, 0.05) is 15.4 Å². The molecule has 0 atom stereocenters. The summed E-state index contributed by atoms with van der Waals surface area (Å²) in [4.78, 5) is 24.9. The Hall–Kier alpha value is -1.90. The molecule has 0 aliphatic heterocycles. The fourth-order valence-corrected chi connectivity index (χ4v) is 3.82. The number of furan rings is 1. The molecule has 5 nitrogen and oxygen atoms in total. The molecule has 0 fully saturated rings. The average Bonchev–Trinajstić information content (AvgIpc) is 3.22. The Labute approximate surface area is 170 Å². The van der Waals surface area contributed by atoms with Crippen LogP contribution < -0.4 is 5.32 Å². The fourth-order valence-electron chi connectivity index (χ4n) is 2.30. The van der Waals surface area contributed by atoms with Crippen molar-refractivity contribution < 1.29 is 18.7 Å². The van der Waals surface area contributed by atoms with E-state index < -0.39 is 11.9 Å². The highest BCUT2D eigenvalue weighted by Crippen LogP contribution is 2.37. The van der Waals surface area contributed by atoms with Crippen LogP contribution in [0.3, 0.4) is 0 Å². The molecule has 2 aromatic heterocycles. The summed E-state index contributed by atoms with van der Waals surface area (Å²) in [5.41, 5.74) is 1.89. The van der Waals surface area contributed by atoms with Gasteiger partial charge in [0.25, 0.3) is 5.91 Å². The molecule has 0 saturated heterocycles. The third kappa shape index (κ3) is 4.08. The van der Waals surface area contributed by atoms with Crippen LogP contribution in [0.4, 0.5) is 5.00 Å². The first-order chi connectivity index (χ1) is 12.5. The zero-order valence-corrected chi connectivity index (χ0v) is 17.5. The van der Waals surface area contributed by atoms with Crippen LogP contribution in [-0.4, -0.2) is 18.5 Å². The molecule has 0 aliphatic rings. The van der Waals surface area contributed by atoms with Crippen molar-refractivity contribution in [2.75, 3.05) is 11.9 Å². The molecule has 3 aromatic rings. The maximum absolute atomic E-state index is 12.5. The number of esters is 1. The first kappa shape index (κ1) is 18.9. The van der Waals surface area contributed by atoms with Crippen molar-refractivity contribution in [1.82, 2.24) is 0 Å². The lowest BCUT2D eigenvalue weighted by Crippen LogP contribution is -2.14. The molecule has 8 heteroatoms. The Morgan fingerprint density at radius 1 is 1.15 bits per heavy atom. The zero-order valence-electron chi connectivity index (χ0n) is 13.5. The highest BCUT2D eigenvalue weighted by Gasteiger charge is 2.23. The normalized spacial score (nSPS) is 10.6. The predicted octanol–water partition coefficient (Wildman–Crippen LogP) is 5.96. The van der Waals surface area contributed by atoms with Gasteiger partial charge in [0.1, 0.15) is 10.6 Å². The van der Waals surface area contributed by atoms with Crippen LogP contribution in [0.25, 0.3) is 11.1 Å². The minimum absolute atomic E-state index is 0.144. The van der Waals surface area contributed by atoms with Crippen LogP contribution in [0.5, 0.6) is 0 Å². The molecular formula is C18H13Br2NO4S. The molecule has 1 amide bonds. The Bertz CT molecular complexity index is 947. The van der Waals surface area contributed by atoms with E-state index in [0.717, 1.165) is 10.0 Å². The monoisotopic (exact) mass is 497 g/mol. The number of thiophene rings is 1. The van der Waals surface area contributed by atoms with E-state index >= 15 is 0 Å². The smallest absolute Gasteiger partial charge is 0.341 e. The standard InChI is InChI=1S/C18H13Br2NO4S/c1-2-24-18(23)15-12(10-3-5-11(19)6-4-10)9-26-17(15)21-16(22)13-7-8-14(20)25-13/h3-9H,2H2,1H3,(H,21,22). The van der Waals surface area contributed by atoms with Crippen LogP contribution >= 0.6 is 43.2 Å². The lowest BCUT2D eigenvalue weighted by Gasteiger charge is -2.08. The highest BCUT2D eigenvalue weighted by molar-refractivity contribution is 9.10. The fraction of sp³-hybridized carbons (Fsp3) is 0.111. The van der Waals surface area contributed by atoms with Gasteiger partial charge in [-0.15, -0.1) is 11.3 Å². The average molecular weight is 499 g/mol. The number of carbonyl (C=O) groups excluding carboxylic acids is 2. The Kier molecular flexibility index (Phi) is 5.95. The lowest BCUT2D eigenvalue weighted by molar-refractivity contribution is 0.0529. The molecule has 0 bridgehead atoms. The van der Waals surface area contributed by atoms with E-state index in [1.807, 2.05) is 29.6 Å². The largest absolute Gasteiger partial charge is 0.462 e. The van der Waals surface area contributed by atoms with Gasteiger partial charge in [-0.2, -0.15) is 0 Å². The number of hydrogen-bond acceptors (Lipinski definition) is 5. The van der Waals surface area contributed by atoms with Crippen LogP contribution in [0, 0.1) is 0 Å². The Morgan fingerprint density at radius 2 is 1.88 bits per heavy atom. The molecule has 0 radical (unpaired) electrons. The number of carbonyl (C=O) groups is 2. The summed E-state index contributed by atoms with van der Waals surface area (Å²) < 4.78 is 11.8. The van der Waals surface area contributed by atoms with Crippen molar-refractivity contribution >= 4 is 60.1 Å². The van der Waals surface area contributed by atoms with Gasteiger partial charge in [-0.3, -0.25) is 4.79 Å². The molecule has 1 aromatic carbocycles. The first-order valence-electron chi connectivity index (χ1n) is 7.60. The summed E-state index contributed by atoms with van der Waals surface area (Å²) in [5, 5.41) is 4.97. The van der Waals surface area contributed by atoms with Gasteiger partial charge in [-0.25, -0.2) is 4.79 Å². The third-order valence-electron chi connectivity index (χ3n) is 3.45. The van der Waals surface area contributed by atoms with E-state index in [-0.39, 0.29) is 12.4 Å². The number of anilines is 1. The third-order valence-corrected chi connectivity index (χ3v) is 5.30. The predicted molar refractivity (Wildman–Crippen MR) is 108 cm³/mol. The van der Waals surface area contributed by atoms with Crippen LogP contribution in [0.1, 0.15) is 27.8 Å². The summed E-state index contributed by atoms with van der Waals surface area (Å²) in [6.07, 6.45) is 0. The quantitative estimate of drug-likeness (QED) is 0.440. The summed E-state index contributed by atoms with van der Waals surface area (Å²) in [7, 11) is 0. The zero-order chi connectivity index (χ0) is 18.7. The number of rotatable bonds is 5. The Morgan fingerprint density at radius 3 is 2.50 bits per heavy atom. The first-order valence-corrected chi connectivity index (χ1v) is 10.1. The molecule has 0 spiro atoms. The summed E-state index contributed by atoms with van der Waals surface area (Å²) in [6.45, 7) is 1.98. The summed E-state index contributed by atoms with van der Waals surface area (Å²) in [6, 6.07) is 10.7. The second kappa shape index (κ2) is 8.20. The van der Waals surface area contributed by atoms with Crippen molar-refractivity contribution in [2.24, 2.45) is 0 Å². The van der Waals surface area contributed by atoms with Gasteiger partial charge in [-0.1, -0.05) is 28.1 Å². The van der Waals surface area contributed by atoms with Gasteiger partial charge in [-0.05, 0) is 52.7 Å². The van der Waals surface area contributed by atoms with Gasteiger partial charge in [0.15, 0.2) is 10.4 Å². The number of ether oxygens (including phenoxy) is 1. The molecule has 26 heavy (non-hydrogen) atoms. The second-order valence-corrected chi connectivity index (χ2v) is 7.72. The van der Waals surface area contributed by atoms with E-state index in [1.165, 1.54) is 11.3 Å². The van der Waals surface area contributed by atoms with E-state index in [9.17, 15) is 9.59 Å². The molecule has 0 aliphatic carbocycles.